The molecule has 0 spiro atoms. The number of likely N-dealkylation sites (tertiary alicyclic amines) is 1. The molecule has 1 atom stereocenters. The Morgan fingerprint density at radius 2 is 2.00 bits per heavy atom. The van der Waals surface area contributed by atoms with E-state index in [4.69, 9.17) is 0 Å². The van der Waals surface area contributed by atoms with Crippen molar-refractivity contribution in [3.63, 3.8) is 0 Å². The number of amides is 2. The second kappa shape index (κ2) is 5.32. The van der Waals surface area contributed by atoms with E-state index in [9.17, 15) is 9.59 Å². The normalized spacial score (nSPS) is 19.6. The monoisotopic (exact) mass is 337 g/mol. The molecule has 4 heteroatoms. The van der Waals surface area contributed by atoms with E-state index in [2.05, 4.69) is 36.7 Å². The minimum absolute atomic E-state index is 0.0387. The summed E-state index contributed by atoms with van der Waals surface area (Å²) in [5.41, 5.74) is 1.52. The van der Waals surface area contributed by atoms with E-state index in [-0.39, 0.29) is 23.1 Å². The molecule has 0 aliphatic carbocycles. The van der Waals surface area contributed by atoms with E-state index in [0.29, 0.717) is 18.5 Å². The Bertz CT molecular complexity index is 560. The number of halogens is 1. The molecule has 1 unspecified atom stereocenters. The molecule has 2 amide bonds. The Hall–Kier alpha value is -1.16. The molecule has 0 radical (unpaired) electrons. The fourth-order valence-electron chi connectivity index (χ4n) is 2.47. The van der Waals surface area contributed by atoms with Crippen LogP contribution in [0, 0.1) is 18.3 Å². The Labute approximate surface area is 128 Å². The summed E-state index contributed by atoms with van der Waals surface area (Å²) in [6.45, 7) is 8.75. The molecule has 1 aromatic rings. The van der Waals surface area contributed by atoms with E-state index in [0.717, 1.165) is 10.0 Å². The third-order valence-corrected chi connectivity index (χ3v) is 4.95. The van der Waals surface area contributed by atoms with E-state index >= 15 is 0 Å². The average Bonchev–Trinajstić information content (AvgIpc) is 2.74. The summed E-state index contributed by atoms with van der Waals surface area (Å²) in [4.78, 5) is 26.1. The van der Waals surface area contributed by atoms with Crippen LogP contribution in [0.1, 0.15) is 43.1 Å². The number of carbonyl (C=O) groups excluding carboxylic acids is 2. The Kier molecular flexibility index (Phi) is 4.05. The van der Waals surface area contributed by atoms with Crippen LogP contribution < -0.4 is 0 Å². The number of hydrogen-bond donors (Lipinski definition) is 0. The number of benzene rings is 1. The molecule has 2 rings (SSSR count). The Morgan fingerprint density at radius 3 is 2.55 bits per heavy atom. The lowest BCUT2D eigenvalue weighted by Gasteiger charge is -2.26. The fraction of sp³-hybridized carbons (Fsp3) is 0.500. The van der Waals surface area contributed by atoms with Crippen molar-refractivity contribution < 1.29 is 9.59 Å². The molecule has 0 bridgehead atoms. The molecular weight excluding hydrogens is 318 g/mol. The number of nitrogens with zero attached hydrogens (tertiary/aromatic N) is 1. The Morgan fingerprint density at radius 1 is 1.35 bits per heavy atom. The highest BCUT2D eigenvalue weighted by Gasteiger charge is 2.40. The van der Waals surface area contributed by atoms with Crippen LogP contribution in [-0.4, -0.2) is 23.3 Å². The molecule has 20 heavy (non-hydrogen) atoms. The summed E-state index contributed by atoms with van der Waals surface area (Å²) >= 11 is 3.43. The molecule has 108 valence electrons. The summed E-state index contributed by atoms with van der Waals surface area (Å²) in [6.07, 6.45) is 0.461. The van der Waals surface area contributed by atoms with Gasteiger partial charge in [-0.2, -0.15) is 0 Å². The molecule has 1 aliphatic rings. The van der Waals surface area contributed by atoms with Crippen LogP contribution in [0.3, 0.4) is 0 Å². The lowest BCUT2D eigenvalue weighted by Crippen LogP contribution is -2.34. The van der Waals surface area contributed by atoms with Crippen molar-refractivity contribution >= 4 is 27.7 Å². The SMILES string of the molecule is Cc1c(Br)cccc1C(=O)N1CC(C(C)(C)C)CC1=O. The van der Waals surface area contributed by atoms with E-state index in [1.54, 1.807) is 6.07 Å². The van der Waals surface area contributed by atoms with Crippen molar-refractivity contribution in [2.24, 2.45) is 11.3 Å². The summed E-state index contributed by atoms with van der Waals surface area (Å²) in [7, 11) is 0. The van der Waals surface area contributed by atoms with Gasteiger partial charge in [0.1, 0.15) is 0 Å². The number of imide groups is 1. The molecule has 1 aliphatic heterocycles. The summed E-state index contributed by atoms with van der Waals surface area (Å²) in [6, 6.07) is 5.50. The minimum Gasteiger partial charge on any atom is -0.278 e. The van der Waals surface area contributed by atoms with Gasteiger partial charge < -0.3 is 0 Å². The van der Waals surface area contributed by atoms with Gasteiger partial charge in [0, 0.05) is 23.0 Å². The smallest absolute Gasteiger partial charge is 0.260 e. The Balaban J connectivity index is 2.26. The van der Waals surface area contributed by atoms with Gasteiger partial charge in [-0.3, -0.25) is 14.5 Å². The molecule has 3 nitrogen and oxygen atoms in total. The lowest BCUT2D eigenvalue weighted by atomic mass is 9.80. The van der Waals surface area contributed by atoms with Gasteiger partial charge in [-0.1, -0.05) is 42.8 Å². The zero-order valence-electron chi connectivity index (χ0n) is 12.4. The van der Waals surface area contributed by atoms with E-state index in [1.807, 2.05) is 19.1 Å². The van der Waals surface area contributed by atoms with Crippen LogP contribution in [0.2, 0.25) is 0 Å². The van der Waals surface area contributed by atoms with E-state index in [1.165, 1.54) is 4.90 Å². The van der Waals surface area contributed by atoms with Crippen molar-refractivity contribution in [2.45, 2.75) is 34.1 Å². The quantitative estimate of drug-likeness (QED) is 0.731. The maximum atomic E-state index is 12.6. The van der Waals surface area contributed by atoms with E-state index < -0.39 is 0 Å². The van der Waals surface area contributed by atoms with Crippen LogP contribution in [0.4, 0.5) is 0 Å². The number of hydrogen-bond acceptors (Lipinski definition) is 2. The van der Waals surface area contributed by atoms with Crippen molar-refractivity contribution in [2.75, 3.05) is 6.54 Å². The molecule has 1 saturated heterocycles. The van der Waals surface area contributed by atoms with Gasteiger partial charge in [-0.25, -0.2) is 0 Å². The number of rotatable bonds is 1. The first-order valence-electron chi connectivity index (χ1n) is 6.81. The largest absolute Gasteiger partial charge is 0.278 e. The third kappa shape index (κ3) is 2.80. The van der Waals surface area contributed by atoms with Gasteiger partial charge in [-0.15, -0.1) is 0 Å². The first-order valence-corrected chi connectivity index (χ1v) is 7.61. The van der Waals surface area contributed by atoms with Crippen molar-refractivity contribution in [3.8, 4) is 0 Å². The lowest BCUT2D eigenvalue weighted by molar-refractivity contribution is -0.125. The van der Waals surface area contributed by atoms with Crippen molar-refractivity contribution in [1.29, 1.82) is 0 Å². The standard InChI is InChI=1S/C16H20BrNO2/c1-10-12(6-5-7-13(10)17)15(20)18-9-11(8-14(18)19)16(2,3)4/h5-7,11H,8-9H2,1-4H3. The van der Waals surface area contributed by atoms with Gasteiger partial charge in [-0.05, 0) is 36.0 Å². The highest BCUT2D eigenvalue weighted by atomic mass is 79.9. The molecule has 1 heterocycles. The van der Waals surface area contributed by atoms with Gasteiger partial charge >= 0.3 is 0 Å². The third-order valence-electron chi connectivity index (χ3n) is 4.09. The highest BCUT2D eigenvalue weighted by molar-refractivity contribution is 9.10. The maximum Gasteiger partial charge on any atom is 0.260 e. The van der Waals surface area contributed by atoms with Crippen molar-refractivity contribution in [3.05, 3.63) is 33.8 Å². The predicted molar refractivity (Wildman–Crippen MR) is 82.5 cm³/mol. The van der Waals surface area contributed by atoms with Gasteiger partial charge in [0.25, 0.3) is 5.91 Å². The summed E-state index contributed by atoms with van der Waals surface area (Å²) in [5.74, 6) is -0.0127. The van der Waals surface area contributed by atoms with Crippen LogP contribution >= 0.6 is 15.9 Å². The molecule has 1 fully saturated rings. The van der Waals surface area contributed by atoms with Gasteiger partial charge in [0.2, 0.25) is 5.91 Å². The van der Waals surface area contributed by atoms with Crippen LogP contribution in [0.25, 0.3) is 0 Å². The zero-order valence-corrected chi connectivity index (χ0v) is 14.0. The molecule has 0 saturated carbocycles. The molecule has 0 aromatic heterocycles. The van der Waals surface area contributed by atoms with Crippen LogP contribution in [-0.2, 0) is 4.79 Å². The zero-order chi connectivity index (χ0) is 15.1. The minimum atomic E-state index is -0.180. The van der Waals surface area contributed by atoms with Gasteiger partial charge in [0.05, 0.1) is 0 Å². The fourth-order valence-corrected chi connectivity index (χ4v) is 2.83. The average molecular weight is 338 g/mol. The second-order valence-electron chi connectivity index (χ2n) is 6.49. The molecule has 1 aromatic carbocycles. The maximum absolute atomic E-state index is 12.6. The topological polar surface area (TPSA) is 37.4 Å². The van der Waals surface area contributed by atoms with Crippen molar-refractivity contribution in [1.82, 2.24) is 4.90 Å². The second-order valence-corrected chi connectivity index (χ2v) is 7.34. The first kappa shape index (κ1) is 15.2. The molecular formula is C16H20BrNO2. The predicted octanol–water partition coefficient (Wildman–Crippen LogP) is 3.79. The molecule has 0 N–H and O–H groups in total. The number of carbonyl (C=O) groups is 2. The van der Waals surface area contributed by atoms with Gasteiger partial charge in [0.15, 0.2) is 0 Å². The summed E-state index contributed by atoms with van der Waals surface area (Å²) in [5, 5.41) is 0. The summed E-state index contributed by atoms with van der Waals surface area (Å²) < 4.78 is 0.891. The highest BCUT2D eigenvalue weighted by Crippen LogP contribution is 2.35. The van der Waals surface area contributed by atoms with Crippen LogP contribution in [0.5, 0.6) is 0 Å². The first-order chi connectivity index (χ1) is 9.21. The van der Waals surface area contributed by atoms with Crippen LogP contribution in [0.15, 0.2) is 22.7 Å².